The van der Waals surface area contributed by atoms with Crippen molar-refractivity contribution in [2.24, 2.45) is 0 Å². The maximum absolute atomic E-state index is 6.96. The molecule has 1 aliphatic heterocycles. The number of benzene rings is 7. The highest BCUT2D eigenvalue weighted by Crippen LogP contribution is 2.43. The number of hydrogen-bond donors (Lipinski definition) is 0. The van der Waals surface area contributed by atoms with Crippen LogP contribution in [0, 0.1) is 6.33 Å². The maximum Gasteiger partial charge on any atom is 0.269 e. The van der Waals surface area contributed by atoms with E-state index in [0.29, 0.717) is 0 Å². The van der Waals surface area contributed by atoms with Crippen LogP contribution in [0.3, 0.4) is 0 Å². The van der Waals surface area contributed by atoms with E-state index in [4.69, 9.17) is 9.72 Å². The second-order valence-electron chi connectivity index (χ2n) is 19.1. The minimum Gasteiger partial charge on any atom is -0.458 e. The van der Waals surface area contributed by atoms with Crippen molar-refractivity contribution in [2.75, 3.05) is 0 Å². The molecular formula is C57H50N4OSi. The smallest absolute Gasteiger partial charge is 0.269 e. The molecule has 0 radical (unpaired) electrons. The molecule has 1 aliphatic rings. The van der Waals surface area contributed by atoms with Crippen molar-refractivity contribution in [1.82, 2.24) is 14.1 Å². The molecule has 0 saturated carbocycles. The molecule has 0 fully saturated rings. The minimum absolute atomic E-state index is 0.0132. The number of nitrogens with zero attached hydrogens (tertiary/aromatic N) is 4. The summed E-state index contributed by atoms with van der Waals surface area (Å²) in [4.78, 5) is 4.92. The third kappa shape index (κ3) is 6.10. The van der Waals surface area contributed by atoms with Crippen LogP contribution in [-0.2, 0) is 10.5 Å². The highest BCUT2D eigenvalue weighted by atomic mass is 28.3. The van der Waals surface area contributed by atoms with Gasteiger partial charge in [0.15, 0.2) is 0 Å². The molecule has 4 heterocycles. The Kier molecular flexibility index (Phi) is 8.80. The van der Waals surface area contributed by atoms with Gasteiger partial charge in [-0.3, -0.25) is 13.7 Å². The lowest BCUT2D eigenvalue weighted by Crippen LogP contribution is -2.58. The standard InChI is InChI=1S/C57H50N4OSi/c1-56(2,3)40-32-33-58-53(34-40)61-48-26-15-14-22-45(48)46-30-28-41(35-50(46)61)62-42-29-31-52-51(36-42)60-37-59(49-27-17-25-47(55(49)60)57(4,5)63(52,6)7)54-43(38-18-10-8-11-19-38)23-16-24-44(54)39-20-12-9-13-21-39/h8-36H,1-7H3. The molecule has 11 rings (SSSR count). The van der Waals surface area contributed by atoms with E-state index in [-0.39, 0.29) is 10.5 Å². The third-order valence-corrected chi connectivity index (χ3v) is 19.1. The van der Waals surface area contributed by atoms with Gasteiger partial charge in [-0.1, -0.05) is 169 Å². The second-order valence-corrected chi connectivity index (χ2v) is 24.1. The highest BCUT2D eigenvalue weighted by Gasteiger charge is 2.46. The number of ether oxygens (including phenoxy) is 1. The van der Waals surface area contributed by atoms with Crippen molar-refractivity contribution in [1.29, 1.82) is 0 Å². The van der Waals surface area contributed by atoms with E-state index in [0.717, 1.165) is 72.9 Å². The fourth-order valence-electron chi connectivity index (χ4n) is 9.85. The maximum atomic E-state index is 6.96. The zero-order valence-corrected chi connectivity index (χ0v) is 37.9. The molecular weight excluding hydrogens is 785 g/mol. The fraction of sp³-hybridized carbons (Fsp3) is 0.158. The first-order valence-electron chi connectivity index (χ1n) is 22.0. The summed E-state index contributed by atoms with van der Waals surface area (Å²) in [7, 11) is -2.20. The van der Waals surface area contributed by atoms with Crippen molar-refractivity contribution in [3.8, 4) is 50.9 Å². The molecule has 0 spiro atoms. The Morgan fingerprint density at radius 2 is 1.24 bits per heavy atom. The van der Waals surface area contributed by atoms with Gasteiger partial charge in [0, 0.05) is 23.0 Å². The van der Waals surface area contributed by atoms with E-state index in [2.05, 4.69) is 238 Å². The van der Waals surface area contributed by atoms with E-state index < -0.39 is 8.07 Å². The number of rotatable bonds is 6. The Morgan fingerprint density at radius 1 is 0.619 bits per heavy atom. The minimum atomic E-state index is -2.20. The van der Waals surface area contributed by atoms with Crippen LogP contribution in [0.1, 0.15) is 45.7 Å². The molecule has 308 valence electrons. The number of fused-ring (bicyclic) bond motifs is 5. The van der Waals surface area contributed by atoms with Gasteiger partial charge in [0.05, 0.1) is 41.5 Å². The summed E-state index contributed by atoms with van der Waals surface area (Å²) in [5.41, 5.74) is 13.9. The van der Waals surface area contributed by atoms with E-state index in [9.17, 15) is 0 Å². The van der Waals surface area contributed by atoms with E-state index in [1.807, 2.05) is 6.20 Å². The third-order valence-electron chi connectivity index (χ3n) is 13.9. The van der Waals surface area contributed by atoms with Gasteiger partial charge in [-0.05, 0) is 91.5 Å². The summed E-state index contributed by atoms with van der Waals surface area (Å²) in [6.07, 6.45) is 5.93. The Hall–Kier alpha value is -7.02. The zero-order chi connectivity index (χ0) is 43.3. The van der Waals surface area contributed by atoms with Crippen LogP contribution in [0.15, 0.2) is 176 Å². The number of pyridine rings is 1. The number of aromatic nitrogens is 4. The first kappa shape index (κ1) is 38.9. The molecule has 0 bridgehead atoms. The quantitative estimate of drug-likeness (QED) is 0.0950. The highest BCUT2D eigenvalue weighted by molar-refractivity contribution is 6.92. The lowest BCUT2D eigenvalue weighted by Gasteiger charge is -2.41. The van der Waals surface area contributed by atoms with Crippen molar-refractivity contribution in [3.05, 3.63) is 194 Å². The Morgan fingerprint density at radius 3 is 1.95 bits per heavy atom. The second kappa shape index (κ2) is 14.3. The Balaban J connectivity index is 1.11. The fourth-order valence-corrected chi connectivity index (χ4v) is 12.7. The molecule has 0 atom stereocenters. The molecule has 0 amide bonds. The van der Waals surface area contributed by atoms with Crippen LogP contribution < -0.4 is 14.5 Å². The average molecular weight is 835 g/mol. The van der Waals surface area contributed by atoms with Gasteiger partial charge in [0.1, 0.15) is 17.3 Å². The molecule has 10 aromatic rings. The first-order chi connectivity index (χ1) is 30.4. The molecule has 0 N–H and O–H groups in total. The number of imidazole rings is 1. The van der Waals surface area contributed by atoms with Crippen LogP contribution >= 0.6 is 0 Å². The molecule has 0 saturated heterocycles. The van der Waals surface area contributed by atoms with Crippen LogP contribution in [0.5, 0.6) is 11.5 Å². The van der Waals surface area contributed by atoms with Crippen molar-refractivity contribution in [3.63, 3.8) is 0 Å². The lowest BCUT2D eigenvalue weighted by molar-refractivity contribution is -0.571. The monoisotopic (exact) mass is 834 g/mol. The summed E-state index contributed by atoms with van der Waals surface area (Å²) in [5, 5.41) is 3.61. The number of hydrogen-bond acceptors (Lipinski definition) is 2. The molecule has 7 aromatic carbocycles. The summed E-state index contributed by atoms with van der Waals surface area (Å²) in [6.45, 7) is 16.7. The molecule has 5 nitrogen and oxygen atoms in total. The topological polar surface area (TPSA) is 35.9 Å². The van der Waals surface area contributed by atoms with Crippen LogP contribution in [0.25, 0.3) is 72.3 Å². The SMILES string of the molecule is CC(C)(C)c1ccnc(-n2c3ccccc3c3ccc(Oc4ccc5c(c4)-[n+]4[c-]n(-c6c(-c7ccccc7)cccc6-c6ccccc6)c6cccc(c64)C(C)(C)[Si]5(C)C)cc32)c1. The van der Waals surface area contributed by atoms with Crippen LogP contribution in [-0.4, -0.2) is 22.2 Å². The van der Waals surface area contributed by atoms with Gasteiger partial charge in [-0.2, -0.15) is 0 Å². The van der Waals surface area contributed by atoms with Gasteiger partial charge in [0.25, 0.3) is 6.33 Å². The Labute approximate surface area is 370 Å². The molecule has 6 heteroatoms. The summed E-state index contributed by atoms with van der Waals surface area (Å²) in [6, 6.07) is 61.1. The van der Waals surface area contributed by atoms with Crippen LogP contribution in [0.2, 0.25) is 13.1 Å². The summed E-state index contributed by atoms with van der Waals surface area (Å²) in [5.74, 6) is 2.45. The van der Waals surface area contributed by atoms with E-state index >= 15 is 0 Å². The predicted molar refractivity (Wildman–Crippen MR) is 262 cm³/mol. The van der Waals surface area contributed by atoms with Crippen LogP contribution in [0.4, 0.5) is 0 Å². The lowest BCUT2D eigenvalue weighted by atomic mass is 9.88. The van der Waals surface area contributed by atoms with Crippen molar-refractivity contribution in [2.45, 2.75) is 58.2 Å². The zero-order valence-electron chi connectivity index (χ0n) is 36.9. The predicted octanol–water partition coefficient (Wildman–Crippen LogP) is 13.4. The van der Waals surface area contributed by atoms with Gasteiger partial charge < -0.3 is 4.74 Å². The van der Waals surface area contributed by atoms with Gasteiger partial charge >= 0.3 is 0 Å². The van der Waals surface area contributed by atoms with Gasteiger partial charge in [0.2, 0.25) is 0 Å². The van der Waals surface area contributed by atoms with E-state index in [1.54, 1.807) is 0 Å². The largest absolute Gasteiger partial charge is 0.458 e. The first-order valence-corrected chi connectivity index (χ1v) is 25.0. The average Bonchev–Trinajstić information content (AvgIpc) is 3.83. The summed E-state index contributed by atoms with van der Waals surface area (Å²) >= 11 is 0. The normalized spacial score (nSPS) is 14.2. The Bertz CT molecular complexity index is 3350. The van der Waals surface area contributed by atoms with Crippen molar-refractivity contribution < 1.29 is 9.30 Å². The number of para-hydroxylation sites is 3. The molecule has 0 aliphatic carbocycles. The van der Waals surface area contributed by atoms with Crippen molar-refractivity contribution >= 4 is 46.1 Å². The summed E-state index contributed by atoms with van der Waals surface area (Å²) < 4.78 is 13.9. The van der Waals surface area contributed by atoms with Gasteiger partial charge in [-0.25, -0.2) is 4.98 Å². The molecule has 0 unspecified atom stereocenters. The van der Waals surface area contributed by atoms with Gasteiger partial charge in [-0.15, -0.1) is 0 Å². The molecule has 63 heavy (non-hydrogen) atoms. The van der Waals surface area contributed by atoms with E-state index in [1.165, 1.54) is 27.2 Å². The molecule has 3 aromatic heterocycles.